The molecule has 4 aromatic rings. The molecule has 0 bridgehead atoms. The number of H-pyrrole nitrogens is 1. The second kappa shape index (κ2) is 11.2. The van der Waals surface area contributed by atoms with Crippen molar-refractivity contribution < 1.29 is 33.2 Å². The van der Waals surface area contributed by atoms with Crippen LogP contribution in [0.15, 0.2) is 73.2 Å². The van der Waals surface area contributed by atoms with E-state index in [1.807, 2.05) is 0 Å². The summed E-state index contributed by atoms with van der Waals surface area (Å²) in [6.07, 6.45) is 5.10. The van der Waals surface area contributed by atoms with Crippen molar-refractivity contribution in [2.24, 2.45) is 5.73 Å². The highest BCUT2D eigenvalue weighted by molar-refractivity contribution is 6.06. The quantitative estimate of drug-likeness (QED) is 0.183. The molecule has 4 rings (SSSR count). The maximum absolute atomic E-state index is 12.8. The Kier molecular flexibility index (Phi) is 7.58. The summed E-state index contributed by atoms with van der Waals surface area (Å²) in [5.74, 6) is -1.49. The number of ether oxygens (including phenoxy) is 2. The largest absolute Gasteiger partial charge is 0.462 e. The highest BCUT2D eigenvalue weighted by Gasteiger charge is 2.16. The molecule has 37 heavy (non-hydrogen) atoms. The van der Waals surface area contributed by atoms with Crippen molar-refractivity contribution in [3.8, 4) is 5.75 Å². The fourth-order valence-corrected chi connectivity index (χ4v) is 3.63. The zero-order valence-electron chi connectivity index (χ0n) is 20.0. The highest BCUT2D eigenvalue weighted by atomic mass is 16.5. The topological polar surface area (TPSA) is 144 Å². The molecule has 0 aliphatic carbocycles. The molecule has 0 spiro atoms. The lowest BCUT2D eigenvalue weighted by Crippen LogP contribution is -2.35. The SMILES string of the molecule is CCOC(=O)c1ccc(OC(=O)c2c[nH]c3ccc(NC(=O)CC[n+]4ccc(C(N)=O)cc4)cc23)cc1. The lowest BCUT2D eigenvalue weighted by atomic mass is 10.1. The summed E-state index contributed by atoms with van der Waals surface area (Å²) in [5, 5.41) is 3.42. The number of carbonyl (C=O) groups is 4. The number of aromatic nitrogens is 2. The van der Waals surface area contributed by atoms with Crippen molar-refractivity contribution in [2.45, 2.75) is 19.9 Å². The van der Waals surface area contributed by atoms with Crippen molar-refractivity contribution in [3.05, 3.63) is 89.9 Å². The predicted molar refractivity (Wildman–Crippen MR) is 134 cm³/mol. The van der Waals surface area contributed by atoms with Crippen molar-refractivity contribution in [1.29, 1.82) is 0 Å². The third kappa shape index (κ3) is 6.17. The van der Waals surface area contributed by atoms with E-state index in [4.69, 9.17) is 15.2 Å². The van der Waals surface area contributed by atoms with Crippen molar-refractivity contribution >= 4 is 40.3 Å². The van der Waals surface area contributed by atoms with Gasteiger partial charge in [0, 0.05) is 34.9 Å². The van der Waals surface area contributed by atoms with E-state index >= 15 is 0 Å². The maximum Gasteiger partial charge on any atom is 0.345 e. The van der Waals surface area contributed by atoms with E-state index < -0.39 is 17.8 Å². The van der Waals surface area contributed by atoms with Crippen LogP contribution in [0.3, 0.4) is 0 Å². The van der Waals surface area contributed by atoms with Gasteiger partial charge in [-0.05, 0) is 49.4 Å². The number of primary amides is 1. The molecule has 2 aromatic heterocycles. The van der Waals surface area contributed by atoms with Crippen LogP contribution in [0, 0.1) is 0 Å². The van der Waals surface area contributed by atoms with Gasteiger partial charge in [0.1, 0.15) is 5.75 Å². The number of fused-ring (bicyclic) bond motifs is 1. The Morgan fingerprint density at radius 1 is 0.946 bits per heavy atom. The standard InChI is InChI=1S/C27H24N4O6/c1-2-36-26(34)18-3-6-20(7-4-18)37-27(35)22-16-29-23-8-5-19(15-21(22)23)30-24(32)11-14-31-12-9-17(10-13-31)25(28)33/h3-10,12-13,15-16,33H,2,11,14,28H2,1H3/p+1. The van der Waals surface area contributed by atoms with Crippen LogP contribution in [0.1, 0.15) is 44.4 Å². The summed E-state index contributed by atoms with van der Waals surface area (Å²) < 4.78 is 12.2. The Balaban J connectivity index is 1.40. The monoisotopic (exact) mass is 501 g/mol. The summed E-state index contributed by atoms with van der Waals surface area (Å²) >= 11 is 0. The van der Waals surface area contributed by atoms with E-state index in [2.05, 4.69) is 10.3 Å². The van der Waals surface area contributed by atoms with Crippen molar-refractivity contribution in [3.63, 3.8) is 0 Å². The van der Waals surface area contributed by atoms with Gasteiger partial charge in [-0.3, -0.25) is 9.59 Å². The smallest absolute Gasteiger partial charge is 0.345 e. The molecule has 2 heterocycles. The van der Waals surface area contributed by atoms with Gasteiger partial charge in [-0.25, -0.2) is 14.2 Å². The van der Waals surface area contributed by atoms with Crippen molar-refractivity contribution in [2.75, 3.05) is 11.9 Å². The molecule has 0 radical (unpaired) electrons. The van der Waals surface area contributed by atoms with Crippen LogP contribution in [0.5, 0.6) is 5.75 Å². The molecule has 0 saturated carbocycles. The van der Waals surface area contributed by atoms with Crippen LogP contribution < -0.4 is 20.4 Å². The zero-order valence-corrected chi connectivity index (χ0v) is 20.0. The molecule has 2 amide bonds. The highest BCUT2D eigenvalue weighted by Crippen LogP contribution is 2.24. The third-order valence-electron chi connectivity index (χ3n) is 5.53. The molecular weight excluding hydrogens is 476 g/mol. The van der Waals surface area contributed by atoms with E-state index in [9.17, 15) is 19.2 Å². The zero-order chi connectivity index (χ0) is 26.4. The molecule has 0 aliphatic rings. The molecule has 10 heteroatoms. The molecule has 0 saturated heterocycles. The maximum atomic E-state index is 12.8. The second-order valence-electron chi connectivity index (χ2n) is 8.08. The predicted octanol–water partition coefficient (Wildman–Crippen LogP) is 2.98. The number of rotatable bonds is 9. The van der Waals surface area contributed by atoms with Gasteiger partial charge in [0.05, 0.1) is 29.7 Å². The summed E-state index contributed by atoms with van der Waals surface area (Å²) in [7, 11) is 0. The van der Waals surface area contributed by atoms with E-state index in [1.165, 1.54) is 30.5 Å². The van der Waals surface area contributed by atoms with Gasteiger partial charge in [-0.2, -0.15) is 0 Å². The molecular formula is C27H25N4O6+. The van der Waals surface area contributed by atoms with Crippen molar-refractivity contribution in [1.82, 2.24) is 4.98 Å². The number of amides is 2. The number of aryl methyl sites for hydroxylation is 1. The van der Waals surface area contributed by atoms with E-state index in [1.54, 1.807) is 54.2 Å². The average Bonchev–Trinajstić information content (AvgIpc) is 3.32. The fraction of sp³-hybridized carbons (Fsp3) is 0.148. The molecule has 10 nitrogen and oxygen atoms in total. The minimum atomic E-state index is -0.589. The van der Waals surface area contributed by atoms with Crippen LogP contribution in [-0.2, 0) is 16.1 Å². The van der Waals surface area contributed by atoms with Crippen LogP contribution in [-0.4, -0.2) is 35.3 Å². The van der Waals surface area contributed by atoms with Crippen LogP contribution in [0.4, 0.5) is 5.69 Å². The lowest BCUT2D eigenvalue weighted by Gasteiger charge is -2.07. The first kappa shape index (κ1) is 25.1. The van der Waals surface area contributed by atoms with Gasteiger partial charge >= 0.3 is 11.9 Å². The Morgan fingerprint density at radius 2 is 1.68 bits per heavy atom. The number of pyridine rings is 1. The van der Waals surface area contributed by atoms with E-state index in [0.29, 0.717) is 39.8 Å². The number of nitrogens with zero attached hydrogens (tertiary/aromatic N) is 1. The summed E-state index contributed by atoms with van der Waals surface area (Å²) in [6, 6.07) is 14.4. The second-order valence-corrected chi connectivity index (χ2v) is 8.08. The van der Waals surface area contributed by atoms with E-state index in [-0.39, 0.29) is 24.7 Å². The molecule has 0 aliphatic heterocycles. The summed E-state index contributed by atoms with van der Waals surface area (Å²) in [6.45, 7) is 2.40. The number of nitrogens with two attached hydrogens (primary N) is 1. The first-order valence-electron chi connectivity index (χ1n) is 11.5. The third-order valence-corrected chi connectivity index (χ3v) is 5.53. The van der Waals surface area contributed by atoms with Gasteiger partial charge in [-0.15, -0.1) is 0 Å². The first-order valence-corrected chi connectivity index (χ1v) is 11.5. The summed E-state index contributed by atoms with van der Waals surface area (Å²) in [5.41, 5.74) is 7.51. The number of aromatic amines is 1. The molecule has 0 atom stereocenters. The number of hydrogen-bond acceptors (Lipinski definition) is 6. The number of anilines is 1. The molecule has 0 unspecified atom stereocenters. The van der Waals surface area contributed by atoms with E-state index in [0.717, 1.165) is 0 Å². The molecule has 4 N–H and O–H groups in total. The number of carbonyl (C=O) groups excluding carboxylic acids is 4. The van der Waals surface area contributed by atoms with Crippen LogP contribution in [0.25, 0.3) is 10.9 Å². The van der Waals surface area contributed by atoms with Crippen LogP contribution >= 0.6 is 0 Å². The Bertz CT molecular complexity index is 1460. The molecule has 188 valence electrons. The molecule has 0 fully saturated rings. The fourth-order valence-electron chi connectivity index (χ4n) is 3.63. The Morgan fingerprint density at radius 3 is 2.35 bits per heavy atom. The van der Waals surface area contributed by atoms with Gasteiger partial charge in [0.2, 0.25) is 11.8 Å². The van der Waals surface area contributed by atoms with Gasteiger partial charge in [0.15, 0.2) is 18.9 Å². The number of hydrogen-bond donors (Lipinski definition) is 3. The number of benzene rings is 2. The van der Waals surface area contributed by atoms with Gasteiger partial charge in [-0.1, -0.05) is 0 Å². The Labute approximate surface area is 212 Å². The minimum absolute atomic E-state index is 0.197. The van der Waals surface area contributed by atoms with Gasteiger partial charge in [0.25, 0.3) is 0 Å². The summed E-state index contributed by atoms with van der Waals surface area (Å²) in [4.78, 5) is 51.3. The first-order chi connectivity index (χ1) is 17.8. The number of nitrogens with one attached hydrogen (secondary N) is 2. The average molecular weight is 502 g/mol. The normalized spacial score (nSPS) is 10.6. The molecule has 2 aromatic carbocycles. The lowest BCUT2D eigenvalue weighted by molar-refractivity contribution is -0.695. The number of esters is 2. The van der Waals surface area contributed by atoms with Gasteiger partial charge < -0.3 is 25.5 Å². The van der Waals surface area contributed by atoms with Crippen LogP contribution in [0.2, 0.25) is 0 Å². The Hall–Kier alpha value is -4.99. The minimum Gasteiger partial charge on any atom is -0.462 e.